The van der Waals surface area contributed by atoms with Crippen LogP contribution in [0.25, 0.3) is 0 Å². The summed E-state index contributed by atoms with van der Waals surface area (Å²) in [6.45, 7) is 2.18. The van der Waals surface area contributed by atoms with Crippen LogP contribution in [0.3, 0.4) is 0 Å². The van der Waals surface area contributed by atoms with Crippen molar-refractivity contribution in [3.05, 3.63) is 60.4 Å². The molecule has 1 aromatic carbocycles. The molecule has 0 aliphatic heterocycles. The molecule has 0 unspecified atom stereocenters. The van der Waals surface area contributed by atoms with Crippen LogP contribution < -0.4 is 9.30 Å². The van der Waals surface area contributed by atoms with Crippen LogP contribution >= 0.6 is 0 Å². The van der Waals surface area contributed by atoms with Gasteiger partial charge in [0.15, 0.2) is 12.4 Å². The summed E-state index contributed by atoms with van der Waals surface area (Å²) >= 11 is 0. The summed E-state index contributed by atoms with van der Waals surface area (Å²) in [6.07, 6.45) is 9.34. The minimum atomic E-state index is -0.430. The number of carbonyl (C=O) groups is 1. The van der Waals surface area contributed by atoms with E-state index in [-0.39, 0.29) is 12.6 Å². The molecule has 0 aliphatic carbocycles. The summed E-state index contributed by atoms with van der Waals surface area (Å²) in [7, 11) is 1.90. The van der Waals surface area contributed by atoms with E-state index < -0.39 is 6.09 Å². The molecule has 0 spiro atoms. The van der Waals surface area contributed by atoms with Crippen molar-refractivity contribution in [1.82, 2.24) is 4.90 Å². The molecule has 0 bridgehead atoms. The molecular formula is C19H21N2O2+. The van der Waals surface area contributed by atoms with Gasteiger partial charge in [0.2, 0.25) is 0 Å². The predicted octanol–water partition coefficient (Wildman–Crippen LogP) is 2.58. The van der Waals surface area contributed by atoms with Gasteiger partial charge in [0.25, 0.3) is 0 Å². The van der Waals surface area contributed by atoms with Crippen molar-refractivity contribution >= 4 is 6.09 Å². The number of hydrogen-bond donors (Lipinski definition) is 0. The minimum absolute atomic E-state index is 0.0548. The molecule has 0 saturated carbocycles. The highest BCUT2D eigenvalue weighted by Gasteiger charge is 2.21. The molecule has 118 valence electrons. The lowest BCUT2D eigenvalue weighted by Crippen LogP contribution is -2.42. The molecule has 0 fully saturated rings. The molecule has 1 amide bonds. The van der Waals surface area contributed by atoms with E-state index in [1.165, 1.54) is 0 Å². The summed E-state index contributed by atoms with van der Waals surface area (Å²) in [5.41, 5.74) is 1.15. The summed E-state index contributed by atoms with van der Waals surface area (Å²) in [4.78, 5) is 14.0. The van der Waals surface area contributed by atoms with E-state index in [0.29, 0.717) is 5.75 Å². The maximum absolute atomic E-state index is 12.4. The number of benzene rings is 1. The van der Waals surface area contributed by atoms with Crippen molar-refractivity contribution in [2.24, 2.45) is 7.05 Å². The van der Waals surface area contributed by atoms with Crippen molar-refractivity contribution in [3.8, 4) is 18.1 Å². The van der Waals surface area contributed by atoms with Gasteiger partial charge in [-0.05, 0) is 18.9 Å². The lowest BCUT2D eigenvalue weighted by atomic mass is 10.1. The molecule has 0 aliphatic rings. The first kappa shape index (κ1) is 16.6. The Morgan fingerprint density at radius 1 is 1.26 bits per heavy atom. The Bertz CT molecular complexity index is 675. The lowest BCUT2D eigenvalue weighted by molar-refractivity contribution is -0.671. The van der Waals surface area contributed by atoms with Crippen molar-refractivity contribution in [2.45, 2.75) is 19.4 Å². The van der Waals surface area contributed by atoms with Gasteiger partial charge in [-0.25, -0.2) is 9.36 Å². The second kappa shape index (κ2) is 8.00. The van der Waals surface area contributed by atoms with E-state index in [1.807, 2.05) is 61.3 Å². The zero-order chi connectivity index (χ0) is 16.7. The normalized spacial score (nSPS) is 11.3. The monoisotopic (exact) mass is 309 g/mol. The number of hydrogen-bond acceptors (Lipinski definition) is 2. The van der Waals surface area contributed by atoms with E-state index in [9.17, 15) is 4.79 Å². The van der Waals surface area contributed by atoms with Gasteiger partial charge in [-0.3, -0.25) is 4.90 Å². The van der Waals surface area contributed by atoms with Gasteiger partial charge in [-0.1, -0.05) is 36.3 Å². The average molecular weight is 309 g/mol. The zero-order valence-corrected chi connectivity index (χ0v) is 13.5. The fraction of sp³-hybridized carbons (Fsp3) is 0.263. The molecule has 1 aromatic heterocycles. The third-order valence-electron chi connectivity index (χ3n) is 3.56. The molecule has 4 nitrogen and oxygen atoms in total. The van der Waals surface area contributed by atoms with Crippen LogP contribution in [0.2, 0.25) is 0 Å². The Morgan fingerprint density at radius 3 is 2.52 bits per heavy atom. The average Bonchev–Trinajstić information content (AvgIpc) is 2.55. The Balaban J connectivity index is 2.05. The number of rotatable bonds is 5. The summed E-state index contributed by atoms with van der Waals surface area (Å²) < 4.78 is 7.29. The van der Waals surface area contributed by atoms with Crippen LogP contribution in [0.5, 0.6) is 5.75 Å². The Hall–Kier alpha value is -2.80. The van der Waals surface area contributed by atoms with Gasteiger partial charge in [-0.15, -0.1) is 6.42 Å². The molecule has 1 heterocycles. The quantitative estimate of drug-likeness (QED) is 0.628. The van der Waals surface area contributed by atoms with Crippen molar-refractivity contribution in [2.75, 3.05) is 6.54 Å². The molecule has 2 rings (SSSR count). The van der Waals surface area contributed by atoms with Crippen LogP contribution in [0.15, 0.2) is 54.9 Å². The minimum Gasteiger partial charge on any atom is -0.410 e. The first-order chi connectivity index (χ1) is 11.1. The predicted molar refractivity (Wildman–Crippen MR) is 88.8 cm³/mol. The molecule has 2 aromatic rings. The first-order valence-corrected chi connectivity index (χ1v) is 7.51. The highest BCUT2D eigenvalue weighted by atomic mass is 16.6. The topological polar surface area (TPSA) is 33.4 Å². The maximum Gasteiger partial charge on any atom is 0.416 e. The second-order valence-electron chi connectivity index (χ2n) is 5.44. The lowest BCUT2D eigenvalue weighted by Gasteiger charge is -2.26. The van der Waals surface area contributed by atoms with Crippen molar-refractivity contribution in [3.63, 3.8) is 0 Å². The smallest absolute Gasteiger partial charge is 0.410 e. The molecule has 0 saturated heterocycles. The Morgan fingerprint density at radius 2 is 1.91 bits per heavy atom. The highest BCUT2D eigenvalue weighted by molar-refractivity contribution is 5.71. The molecule has 4 heteroatoms. The molecule has 0 N–H and O–H groups in total. The van der Waals surface area contributed by atoms with E-state index in [2.05, 4.69) is 5.92 Å². The maximum atomic E-state index is 12.4. The van der Waals surface area contributed by atoms with Gasteiger partial charge in [0, 0.05) is 18.2 Å². The van der Waals surface area contributed by atoms with Gasteiger partial charge >= 0.3 is 6.09 Å². The standard InChI is InChI=1S/C19H21N2O2/c1-4-12-21(16(2)15-17-8-6-5-7-9-17)19(22)23-18-10-13-20(3)14-11-18/h1,5-11,13-14,16H,12,15H2,2-3H3/q+1/t16-/m0/s1. The van der Waals surface area contributed by atoms with Crippen LogP contribution in [-0.2, 0) is 13.5 Å². The van der Waals surface area contributed by atoms with E-state index in [4.69, 9.17) is 11.2 Å². The molecule has 1 atom stereocenters. The molecule has 0 radical (unpaired) electrons. The second-order valence-corrected chi connectivity index (χ2v) is 5.44. The van der Waals surface area contributed by atoms with E-state index in [0.717, 1.165) is 12.0 Å². The number of amides is 1. The number of terminal acetylenes is 1. The van der Waals surface area contributed by atoms with Crippen LogP contribution in [0.4, 0.5) is 4.79 Å². The Kier molecular flexibility index (Phi) is 5.76. The summed E-state index contributed by atoms with van der Waals surface area (Å²) in [5, 5.41) is 0. The number of ether oxygens (including phenoxy) is 1. The molecular weight excluding hydrogens is 288 g/mol. The highest BCUT2D eigenvalue weighted by Crippen LogP contribution is 2.13. The zero-order valence-electron chi connectivity index (χ0n) is 13.5. The van der Waals surface area contributed by atoms with Gasteiger partial charge in [-0.2, -0.15) is 0 Å². The third-order valence-corrected chi connectivity index (χ3v) is 3.56. The summed E-state index contributed by atoms with van der Waals surface area (Å²) in [6, 6.07) is 13.4. The van der Waals surface area contributed by atoms with Gasteiger partial charge in [0.05, 0.1) is 6.54 Å². The number of aryl methyl sites for hydroxylation is 1. The number of pyridine rings is 1. The Labute approximate surface area is 137 Å². The SMILES string of the molecule is C#CCN(C(=O)Oc1cc[n+](C)cc1)[C@@H](C)Cc1ccccc1. The first-order valence-electron chi connectivity index (χ1n) is 7.51. The molecule has 23 heavy (non-hydrogen) atoms. The summed E-state index contributed by atoms with van der Waals surface area (Å²) in [5.74, 6) is 3.03. The number of carbonyl (C=O) groups excluding carboxylic acids is 1. The fourth-order valence-electron chi connectivity index (χ4n) is 2.28. The van der Waals surface area contributed by atoms with E-state index >= 15 is 0 Å². The van der Waals surface area contributed by atoms with Gasteiger partial charge in [0.1, 0.15) is 12.8 Å². The fourth-order valence-corrected chi connectivity index (χ4v) is 2.28. The van der Waals surface area contributed by atoms with Gasteiger partial charge < -0.3 is 4.74 Å². The largest absolute Gasteiger partial charge is 0.416 e. The number of nitrogens with zero attached hydrogens (tertiary/aromatic N) is 2. The third kappa shape index (κ3) is 4.86. The van der Waals surface area contributed by atoms with E-state index in [1.54, 1.807) is 17.0 Å². The van der Waals surface area contributed by atoms with Crippen LogP contribution in [0, 0.1) is 12.3 Å². The van der Waals surface area contributed by atoms with Crippen molar-refractivity contribution in [1.29, 1.82) is 0 Å². The van der Waals surface area contributed by atoms with Crippen molar-refractivity contribution < 1.29 is 14.1 Å². The number of aromatic nitrogens is 1. The van der Waals surface area contributed by atoms with Crippen LogP contribution in [0.1, 0.15) is 12.5 Å². The van der Waals surface area contributed by atoms with Crippen LogP contribution in [-0.4, -0.2) is 23.6 Å².